The van der Waals surface area contributed by atoms with Crippen molar-refractivity contribution in [1.82, 2.24) is 20.5 Å². The standard InChI is InChI=1S/C17H21FN4OS/c1-11-6-2-5-9-14(11)19-15(23)10-24-17-20-16(21-22-17)12-7-3-4-8-13(12)18/h3-4,7-8,11,14H,2,5-6,9-10H2,1H3,(H,19,23)(H,20,21,22)/t11-,14+/m0/s1. The van der Waals surface area contributed by atoms with Crippen LogP contribution in [0.3, 0.4) is 0 Å². The number of thioether (sulfide) groups is 1. The highest BCUT2D eigenvalue weighted by Crippen LogP contribution is 2.24. The zero-order chi connectivity index (χ0) is 16.9. The molecule has 1 aromatic heterocycles. The number of nitrogens with one attached hydrogen (secondary N) is 2. The summed E-state index contributed by atoms with van der Waals surface area (Å²) in [5.74, 6) is 0.809. The van der Waals surface area contributed by atoms with E-state index in [0.29, 0.717) is 22.5 Å². The summed E-state index contributed by atoms with van der Waals surface area (Å²) >= 11 is 1.25. The molecule has 0 aliphatic heterocycles. The number of halogens is 1. The molecule has 1 aliphatic rings. The van der Waals surface area contributed by atoms with Crippen molar-refractivity contribution in [1.29, 1.82) is 0 Å². The van der Waals surface area contributed by atoms with Crippen LogP contribution in [0, 0.1) is 11.7 Å². The second-order valence-corrected chi connectivity index (χ2v) is 7.11. The normalized spacial score (nSPS) is 20.8. The maximum atomic E-state index is 13.7. The van der Waals surface area contributed by atoms with Gasteiger partial charge in [0.15, 0.2) is 5.82 Å². The summed E-state index contributed by atoms with van der Waals surface area (Å²) in [7, 11) is 0. The zero-order valence-electron chi connectivity index (χ0n) is 13.6. The molecule has 0 radical (unpaired) electrons. The molecule has 0 bridgehead atoms. The second-order valence-electron chi connectivity index (χ2n) is 6.17. The third-order valence-corrected chi connectivity index (χ3v) is 5.23. The first kappa shape index (κ1) is 17.0. The lowest BCUT2D eigenvalue weighted by molar-refractivity contribution is -0.119. The van der Waals surface area contributed by atoms with Crippen LogP contribution >= 0.6 is 11.8 Å². The summed E-state index contributed by atoms with van der Waals surface area (Å²) in [6.45, 7) is 2.19. The maximum Gasteiger partial charge on any atom is 0.230 e. The van der Waals surface area contributed by atoms with Gasteiger partial charge in [0, 0.05) is 6.04 Å². The van der Waals surface area contributed by atoms with E-state index in [4.69, 9.17) is 0 Å². The van der Waals surface area contributed by atoms with Gasteiger partial charge in [-0.1, -0.05) is 43.7 Å². The number of aromatic amines is 1. The third kappa shape index (κ3) is 4.14. The number of amides is 1. The fourth-order valence-corrected chi connectivity index (χ4v) is 3.60. The molecule has 3 rings (SSSR count). The van der Waals surface area contributed by atoms with Crippen LogP contribution in [0.15, 0.2) is 29.4 Å². The summed E-state index contributed by atoms with van der Waals surface area (Å²) in [5.41, 5.74) is 0.373. The molecule has 1 amide bonds. The van der Waals surface area contributed by atoms with Crippen LogP contribution in [0.4, 0.5) is 4.39 Å². The molecule has 1 saturated carbocycles. The van der Waals surface area contributed by atoms with Gasteiger partial charge in [-0.05, 0) is 30.9 Å². The molecule has 1 aliphatic carbocycles. The lowest BCUT2D eigenvalue weighted by Gasteiger charge is -2.29. The average molecular weight is 348 g/mol. The molecular formula is C17H21FN4OS. The molecule has 2 N–H and O–H groups in total. The minimum atomic E-state index is -0.353. The Hall–Kier alpha value is -1.89. The first-order valence-electron chi connectivity index (χ1n) is 8.23. The monoisotopic (exact) mass is 348 g/mol. The average Bonchev–Trinajstić information content (AvgIpc) is 3.04. The molecule has 0 spiro atoms. The van der Waals surface area contributed by atoms with Gasteiger partial charge in [0.2, 0.25) is 11.1 Å². The Balaban J connectivity index is 1.54. The number of rotatable bonds is 5. The highest BCUT2D eigenvalue weighted by atomic mass is 32.2. The Morgan fingerprint density at radius 2 is 2.17 bits per heavy atom. The summed E-state index contributed by atoms with van der Waals surface area (Å²) in [6.07, 6.45) is 4.65. The molecule has 0 saturated heterocycles. The Bertz CT molecular complexity index is 705. The van der Waals surface area contributed by atoms with E-state index < -0.39 is 0 Å². The number of carbonyl (C=O) groups is 1. The molecule has 1 heterocycles. The summed E-state index contributed by atoms with van der Waals surface area (Å²) in [5, 5.41) is 10.3. The number of nitrogens with zero attached hydrogens (tertiary/aromatic N) is 2. The quantitative estimate of drug-likeness (QED) is 0.813. The van der Waals surface area contributed by atoms with Gasteiger partial charge in [-0.15, -0.1) is 5.10 Å². The molecule has 0 unspecified atom stereocenters. The Morgan fingerprint density at radius 3 is 2.96 bits per heavy atom. The van der Waals surface area contributed by atoms with Crippen molar-refractivity contribution >= 4 is 17.7 Å². The van der Waals surface area contributed by atoms with E-state index in [0.717, 1.165) is 6.42 Å². The van der Waals surface area contributed by atoms with Crippen LogP contribution in [0.25, 0.3) is 11.4 Å². The smallest absolute Gasteiger partial charge is 0.230 e. The van der Waals surface area contributed by atoms with E-state index in [1.165, 1.54) is 37.1 Å². The first-order valence-corrected chi connectivity index (χ1v) is 9.21. The van der Waals surface area contributed by atoms with Crippen LogP contribution in [-0.4, -0.2) is 32.9 Å². The van der Waals surface area contributed by atoms with Crippen molar-refractivity contribution in [2.24, 2.45) is 5.92 Å². The van der Waals surface area contributed by atoms with Crippen molar-refractivity contribution in [2.75, 3.05) is 5.75 Å². The predicted octanol–water partition coefficient (Wildman–Crippen LogP) is 3.40. The highest BCUT2D eigenvalue weighted by molar-refractivity contribution is 7.99. The second kappa shape index (κ2) is 7.79. The Labute approximate surface area is 144 Å². The van der Waals surface area contributed by atoms with Gasteiger partial charge in [-0.25, -0.2) is 9.37 Å². The van der Waals surface area contributed by atoms with Crippen LogP contribution < -0.4 is 5.32 Å². The SMILES string of the molecule is C[C@H]1CCCC[C@H]1NC(=O)CSc1n[nH]c(-c2ccccc2F)n1. The topological polar surface area (TPSA) is 70.7 Å². The molecule has 24 heavy (non-hydrogen) atoms. The molecule has 2 atom stereocenters. The van der Waals surface area contributed by atoms with Crippen molar-refractivity contribution < 1.29 is 9.18 Å². The van der Waals surface area contributed by atoms with E-state index in [1.54, 1.807) is 18.2 Å². The van der Waals surface area contributed by atoms with Crippen LogP contribution in [0.5, 0.6) is 0 Å². The molecule has 7 heteroatoms. The lowest BCUT2D eigenvalue weighted by Crippen LogP contribution is -2.41. The van der Waals surface area contributed by atoms with Gasteiger partial charge in [0.05, 0.1) is 11.3 Å². The fourth-order valence-electron chi connectivity index (χ4n) is 2.99. The van der Waals surface area contributed by atoms with E-state index >= 15 is 0 Å². The molecule has 1 fully saturated rings. The Kier molecular flexibility index (Phi) is 5.50. The van der Waals surface area contributed by atoms with E-state index in [-0.39, 0.29) is 23.5 Å². The molecule has 2 aromatic rings. The number of carbonyl (C=O) groups excluding carboxylic acids is 1. The van der Waals surface area contributed by atoms with E-state index in [1.807, 2.05) is 0 Å². The fraction of sp³-hybridized carbons (Fsp3) is 0.471. The van der Waals surface area contributed by atoms with Crippen LogP contribution in [0.2, 0.25) is 0 Å². The number of aromatic nitrogens is 3. The van der Waals surface area contributed by atoms with E-state index in [2.05, 4.69) is 27.4 Å². The van der Waals surface area contributed by atoms with Gasteiger partial charge in [0.1, 0.15) is 5.82 Å². The summed E-state index contributed by atoms with van der Waals surface area (Å²) in [4.78, 5) is 16.4. The summed E-state index contributed by atoms with van der Waals surface area (Å²) < 4.78 is 13.7. The van der Waals surface area contributed by atoms with Crippen molar-refractivity contribution in [2.45, 2.75) is 43.8 Å². The number of benzene rings is 1. The van der Waals surface area contributed by atoms with Gasteiger partial charge >= 0.3 is 0 Å². The van der Waals surface area contributed by atoms with E-state index in [9.17, 15) is 9.18 Å². The van der Waals surface area contributed by atoms with Crippen molar-refractivity contribution in [3.8, 4) is 11.4 Å². The maximum absolute atomic E-state index is 13.7. The molecule has 5 nitrogen and oxygen atoms in total. The van der Waals surface area contributed by atoms with Gasteiger partial charge < -0.3 is 5.32 Å². The largest absolute Gasteiger partial charge is 0.352 e. The highest BCUT2D eigenvalue weighted by Gasteiger charge is 2.22. The minimum absolute atomic E-state index is 0.00371. The van der Waals surface area contributed by atoms with Crippen molar-refractivity contribution in [3.05, 3.63) is 30.1 Å². The molecule has 1 aromatic carbocycles. The zero-order valence-corrected chi connectivity index (χ0v) is 14.4. The molecular weight excluding hydrogens is 327 g/mol. The van der Waals surface area contributed by atoms with Crippen molar-refractivity contribution in [3.63, 3.8) is 0 Å². The van der Waals surface area contributed by atoms with Gasteiger partial charge in [-0.3, -0.25) is 9.89 Å². The number of hydrogen-bond donors (Lipinski definition) is 2. The minimum Gasteiger partial charge on any atom is -0.352 e. The number of hydrogen-bond acceptors (Lipinski definition) is 4. The van der Waals surface area contributed by atoms with Crippen LogP contribution in [-0.2, 0) is 4.79 Å². The van der Waals surface area contributed by atoms with Crippen LogP contribution in [0.1, 0.15) is 32.6 Å². The third-order valence-electron chi connectivity index (χ3n) is 4.38. The summed E-state index contributed by atoms with van der Waals surface area (Å²) in [6, 6.07) is 6.66. The Morgan fingerprint density at radius 1 is 1.38 bits per heavy atom. The molecule has 128 valence electrons. The number of H-pyrrole nitrogens is 1. The van der Waals surface area contributed by atoms with Gasteiger partial charge in [-0.2, -0.15) is 0 Å². The lowest BCUT2D eigenvalue weighted by atomic mass is 9.86. The van der Waals surface area contributed by atoms with Gasteiger partial charge in [0.25, 0.3) is 0 Å². The predicted molar refractivity (Wildman–Crippen MR) is 92.1 cm³/mol. The first-order chi connectivity index (χ1) is 11.6.